The Labute approximate surface area is 109 Å². The molecule has 0 aliphatic carbocycles. The number of nitrogens with one attached hydrogen (secondary N) is 1. The fraction of sp³-hybridized carbons (Fsp3) is 0.909. The summed E-state index contributed by atoms with van der Waals surface area (Å²) in [5.41, 5.74) is 2.92. The highest BCUT2D eigenvalue weighted by Crippen LogP contribution is 2.27. The smallest absolute Gasteiger partial charge is 0.176 e. The quantitative estimate of drug-likeness (QED) is 0.514. The number of rotatable bonds is 7. The van der Waals surface area contributed by atoms with Crippen LogP contribution >= 0.6 is 0 Å². The molecule has 18 heavy (non-hydrogen) atoms. The Morgan fingerprint density at radius 2 is 2.00 bits per heavy atom. The molecular weight excluding hydrogens is 230 g/mol. The van der Waals surface area contributed by atoms with Crippen LogP contribution in [0.1, 0.15) is 32.5 Å². The number of nitrogens with zero attached hydrogens (tertiary/aromatic N) is 5. The van der Waals surface area contributed by atoms with Crippen LogP contribution in [0.15, 0.2) is 0 Å². The molecule has 1 aromatic rings. The van der Waals surface area contributed by atoms with Crippen molar-refractivity contribution in [3.05, 3.63) is 5.82 Å². The number of aromatic nitrogens is 4. The molecule has 0 spiro atoms. The van der Waals surface area contributed by atoms with Gasteiger partial charge in [0.1, 0.15) is 0 Å². The Hall–Kier alpha value is -1.05. The van der Waals surface area contributed by atoms with E-state index in [0.29, 0.717) is 12.2 Å². The van der Waals surface area contributed by atoms with Gasteiger partial charge in [-0.1, -0.05) is 13.8 Å². The molecular formula is C11H25N7. The molecule has 1 aromatic heterocycles. The van der Waals surface area contributed by atoms with E-state index < -0.39 is 0 Å². The van der Waals surface area contributed by atoms with Crippen molar-refractivity contribution in [2.75, 3.05) is 14.1 Å². The van der Waals surface area contributed by atoms with Crippen molar-refractivity contribution in [1.29, 1.82) is 0 Å². The highest BCUT2D eigenvalue weighted by Gasteiger charge is 2.38. The third-order valence-electron chi connectivity index (χ3n) is 3.90. The van der Waals surface area contributed by atoms with Crippen LogP contribution in [0.4, 0.5) is 0 Å². The lowest BCUT2D eigenvalue weighted by molar-refractivity contribution is 0.0873. The van der Waals surface area contributed by atoms with Crippen molar-refractivity contribution in [3.63, 3.8) is 0 Å². The van der Waals surface area contributed by atoms with Crippen molar-refractivity contribution >= 4 is 0 Å². The molecule has 104 valence electrons. The molecule has 0 bridgehead atoms. The van der Waals surface area contributed by atoms with Gasteiger partial charge in [-0.2, -0.15) is 4.80 Å². The van der Waals surface area contributed by atoms with Crippen LogP contribution in [0.2, 0.25) is 0 Å². The average Bonchev–Trinajstić information content (AvgIpc) is 2.75. The summed E-state index contributed by atoms with van der Waals surface area (Å²) in [5, 5.41) is 12.1. The van der Waals surface area contributed by atoms with E-state index in [0.717, 1.165) is 12.8 Å². The monoisotopic (exact) mass is 255 g/mol. The van der Waals surface area contributed by atoms with E-state index in [4.69, 9.17) is 5.84 Å². The van der Waals surface area contributed by atoms with Gasteiger partial charge in [0, 0.05) is 18.0 Å². The van der Waals surface area contributed by atoms with E-state index in [1.165, 1.54) is 4.80 Å². The van der Waals surface area contributed by atoms with Crippen LogP contribution in [0.25, 0.3) is 0 Å². The Bertz CT molecular complexity index is 356. The first-order valence-electron chi connectivity index (χ1n) is 6.36. The number of hydrogen-bond donors (Lipinski definition) is 2. The highest BCUT2D eigenvalue weighted by molar-refractivity contribution is 5.00. The van der Waals surface area contributed by atoms with Gasteiger partial charge in [0.15, 0.2) is 5.82 Å². The third-order valence-corrected chi connectivity index (χ3v) is 3.90. The fourth-order valence-electron chi connectivity index (χ4n) is 2.68. The van der Waals surface area contributed by atoms with E-state index in [1.54, 1.807) is 7.05 Å². The Morgan fingerprint density at radius 1 is 1.39 bits per heavy atom. The van der Waals surface area contributed by atoms with Gasteiger partial charge >= 0.3 is 0 Å². The van der Waals surface area contributed by atoms with Crippen LogP contribution in [-0.4, -0.2) is 50.8 Å². The second kappa shape index (κ2) is 6.21. The number of hydrazine groups is 1. The van der Waals surface area contributed by atoms with Crippen LogP contribution < -0.4 is 11.3 Å². The Kier molecular flexibility index (Phi) is 5.18. The number of likely N-dealkylation sites (N-methyl/N-ethyl adjacent to an activating group) is 1. The molecule has 0 aromatic carbocycles. The van der Waals surface area contributed by atoms with Gasteiger partial charge in [-0.3, -0.25) is 11.3 Å². The van der Waals surface area contributed by atoms with E-state index in [-0.39, 0.29) is 11.6 Å². The number of aryl methyl sites for hydroxylation is 1. The van der Waals surface area contributed by atoms with Crippen LogP contribution in [0.3, 0.4) is 0 Å². The maximum atomic E-state index is 5.74. The van der Waals surface area contributed by atoms with E-state index >= 15 is 0 Å². The maximum Gasteiger partial charge on any atom is 0.176 e. The van der Waals surface area contributed by atoms with Crippen LogP contribution in [-0.2, 0) is 13.5 Å². The van der Waals surface area contributed by atoms with Gasteiger partial charge in [0.25, 0.3) is 0 Å². The van der Waals surface area contributed by atoms with Gasteiger partial charge in [-0.15, -0.1) is 10.2 Å². The van der Waals surface area contributed by atoms with Crippen molar-refractivity contribution in [2.24, 2.45) is 12.9 Å². The lowest BCUT2D eigenvalue weighted by atomic mass is 9.82. The lowest BCUT2D eigenvalue weighted by Crippen LogP contribution is -2.61. The SMILES string of the molecule is CCC(CC)(C(Cc1nnn(C)n1)NN)N(C)C. The topological polar surface area (TPSA) is 84.9 Å². The van der Waals surface area contributed by atoms with Crippen molar-refractivity contribution in [2.45, 2.75) is 44.7 Å². The van der Waals surface area contributed by atoms with E-state index in [9.17, 15) is 0 Å². The third kappa shape index (κ3) is 2.85. The minimum absolute atomic E-state index is 0.00600. The van der Waals surface area contributed by atoms with Gasteiger partial charge in [-0.05, 0) is 32.2 Å². The predicted octanol–water partition coefficient (Wildman–Crippen LogP) is -0.295. The summed E-state index contributed by atoms with van der Waals surface area (Å²) in [5.74, 6) is 6.46. The molecule has 1 unspecified atom stereocenters. The van der Waals surface area contributed by atoms with Crippen molar-refractivity contribution in [1.82, 2.24) is 30.5 Å². The molecule has 1 atom stereocenters. The van der Waals surface area contributed by atoms with Crippen LogP contribution in [0.5, 0.6) is 0 Å². The van der Waals surface area contributed by atoms with Gasteiger partial charge in [0.05, 0.1) is 7.05 Å². The Morgan fingerprint density at radius 3 is 2.33 bits per heavy atom. The molecule has 0 amide bonds. The summed E-state index contributed by atoms with van der Waals surface area (Å²) in [6, 6.07) is 0.0895. The van der Waals surface area contributed by atoms with Gasteiger partial charge in [-0.25, -0.2) is 0 Å². The van der Waals surface area contributed by atoms with Gasteiger partial charge < -0.3 is 4.90 Å². The molecule has 3 N–H and O–H groups in total. The first-order valence-corrected chi connectivity index (χ1v) is 6.36. The number of tetrazole rings is 1. The Balaban J connectivity index is 2.92. The summed E-state index contributed by atoms with van der Waals surface area (Å²) in [6.07, 6.45) is 2.68. The van der Waals surface area contributed by atoms with Gasteiger partial charge in [0.2, 0.25) is 0 Å². The normalized spacial score (nSPS) is 14.2. The first-order chi connectivity index (χ1) is 8.50. The summed E-state index contributed by atoms with van der Waals surface area (Å²) >= 11 is 0. The lowest BCUT2D eigenvalue weighted by Gasteiger charge is -2.44. The second-order valence-electron chi connectivity index (χ2n) is 4.82. The minimum Gasteiger partial charge on any atom is -0.302 e. The molecule has 0 saturated heterocycles. The summed E-state index contributed by atoms with van der Waals surface area (Å²) in [7, 11) is 5.93. The zero-order valence-corrected chi connectivity index (χ0v) is 12.0. The molecule has 0 aliphatic heterocycles. The van der Waals surface area contributed by atoms with E-state index in [1.807, 2.05) is 0 Å². The summed E-state index contributed by atoms with van der Waals surface area (Å²) in [4.78, 5) is 3.70. The first kappa shape index (κ1) is 15.0. The number of hydrogen-bond acceptors (Lipinski definition) is 6. The second-order valence-corrected chi connectivity index (χ2v) is 4.82. The summed E-state index contributed by atoms with van der Waals surface area (Å²) < 4.78 is 0. The summed E-state index contributed by atoms with van der Waals surface area (Å²) in [6.45, 7) is 4.36. The molecule has 0 fully saturated rings. The molecule has 0 saturated carbocycles. The molecule has 0 radical (unpaired) electrons. The molecule has 0 aliphatic rings. The highest BCUT2D eigenvalue weighted by atomic mass is 15.6. The molecule has 1 heterocycles. The zero-order chi connectivity index (χ0) is 13.8. The fourth-order valence-corrected chi connectivity index (χ4v) is 2.68. The average molecular weight is 255 g/mol. The minimum atomic E-state index is -0.00600. The molecule has 7 nitrogen and oxygen atoms in total. The predicted molar refractivity (Wildman–Crippen MR) is 70.6 cm³/mol. The van der Waals surface area contributed by atoms with E-state index in [2.05, 4.69) is 53.7 Å². The molecule has 1 rings (SSSR count). The van der Waals surface area contributed by atoms with Crippen LogP contribution in [0, 0.1) is 0 Å². The van der Waals surface area contributed by atoms with Crippen molar-refractivity contribution in [3.8, 4) is 0 Å². The zero-order valence-electron chi connectivity index (χ0n) is 12.0. The standard InChI is InChI=1S/C11H25N7/c1-6-11(7-2,17(3)4)9(13-12)8-10-14-16-18(5)15-10/h9,13H,6-8,12H2,1-5H3. The maximum absolute atomic E-state index is 5.74. The molecule has 7 heteroatoms. The number of nitrogens with two attached hydrogens (primary N) is 1. The largest absolute Gasteiger partial charge is 0.302 e. The van der Waals surface area contributed by atoms with Crippen molar-refractivity contribution < 1.29 is 0 Å².